The van der Waals surface area contributed by atoms with Crippen molar-refractivity contribution in [2.24, 2.45) is 0 Å². The standard InChI is InChI=1S/C13H17N3O/c1-13(5-2-6-17-9-13)16-11-4-3-10(8-14)12(15)7-11/h3-4,7,16H,2,5-6,9,15H2,1H3. The second-order valence-corrected chi connectivity index (χ2v) is 4.76. The molecule has 1 saturated heterocycles. The minimum absolute atomic E-state index is 0.0428. The summed E-state index contributed by atoms with van der Waals surface area (Å²) in [5.41, 5.74) is 7.71. The number of nitrogens with two attached hydrogens (primary N) is 1. The van der Waals surface area contributed by atoms with Crippen molar-refractivity contribution in [2.45, 2.75) is 25.3 Å². The highest BCUT2D eigenvalue weighted by atomic mass is 16.5. The molecule has 3 N–H and O–H groups in total. The Morgan fingerprint density at radius 2 is 2.35 bits per heavy atom. The first-order valence-corrected chi connectivity index (χ1v) is 5.78. The molecule has 1 aromatic carbocycles. The van der Waals surface area contributed by atoms with E-state index in [-0.39, 0.29) is 5.54 Å². The molecule has 1 fully saturated rings. The van der Waals surface area contributed by atoms with Crippen molar-refractivity contribution < 1.29 is 4.74 Å². The minimum Gasteiger partial charge on any atom is -0.398 e. The van der Waals surface area contributed by atoms with Gasteiger partial charge in [-0.3, -0.25) is 0 Å². The van der Waals surface area contributed by atoms with Gasteiger partial charge in [0.25, 0.3) is 0 Å². The zero-order valence-electron chi connectivity index (χ0n) is 9.99. The van der Waals surface area contributed by atoms with Gasteiger partial charge >= 0.3 is 0 Å². The Hall–Kier alpha value is -1.73. The van der Waals surface area contributed by atoms with Crippen LogP contribution in [-0.2, 0) is 4.74 Å². The molecular weight excluding hydrogens is 214 g/mol. The van der Waals surface area contributed by atoms with Gasteiger partial charge in [-0.05, 0) is 38.0 Å². The fraction of sp³-hybridized carbons (Fsp3) is 0.462. The van der Waals surface area contributed by atoms with Gasteiger partial charge in [-0.25, -0.2) is 0 Å². The van der Waals surface area contributed by atoms with Crippen molar-refractivity contribution in [3.8, 4) is 6.07 Å². The molecule has 0 radical (unpaired) electrons. The van der Waals surface area contributed by atoms with E-state index in [0.717, 1.165) is 25.1 Å². The molecule has 4 nitrogen and oxygen atoms in total. The van der Waals surface area contributed by atoms with Crippen molar-refractivity contribution >= 4 is 11.4 Å². The van der Waals surface area contributed by atoms with Gasteiger partial charge in [-0.15, -0.1) is 0 Å². The Morgan fingerprint density at radius 3 is 2.94 bits per heavy atom. The highest BCUT2D eigenvalue weighted by Gasteiger charge is 2.27. The quantitative estimate of drug-likeness (QED) is 0.765. The van der Waals surface area contributed by atoms with Crippen LogP contribution in [0.3, 0.4) is 0 Å². The molecule has 0 bridgehead atoms. The summed E-state index contributed by atoms with van der Waals surface area (Å²) in [6, 6.07) is 7.49. The van der Waals surface area contributed by atoms with Gasteiger partial charge in [0, 0.05) is 12.3 Å². The number of hydrogen-bond acceptors (Lipinski definition) is 4. The molecule has 1 heterocycles. The van der Waals surface area contributed by atoms with Gasteiger partial charge < -0.3 is 15.8 Å². The van der Waals surface area contributed by atoms with Crippen LogP contribution < -0.4 is 11.1 Å². The number of nitrogen functional groups attached to an aromatic ring is 1. The summed E-state index contributed by atoms with van der Waals surface area (Å²) >= 11 is 0. The van der Waals surface area contributed by atoms with E-state index in [1.54, 1.807) is 12.1 Å². The third-order valence-corrected chi connectivity index (χ3v) is 3.06. The summed E-state index contributed by atoms with van der Waals surface area (Å²) in [5.74, 6) is 0. The van der Waals surface area contributed by atoms with Crippen LogP contribution in [0.1, 0.15) is 25.3 Å². The van der Waals surface area contributed by atoms with Crippen LogP contribution in [0.4, 0.5) is 11.4 Å². The number of nitriles is 1. The van der Waals surface area contributed by atoms with Crippen LogP contribution in [0, 0.1) is 11.3 Å². The van der Waals surface area contributed by atoms with E-state index in [1.165, 1.54) is 0 Å². The van der Waals surface area contributed by atoms with Crippen molar-refractivity contribution in [2.75, 3.05) is 24.3 Å². The van der Waals surface area contributed by atoms with Gasteiger partial charge in [0.2, 0.25) is 0 Å². The van der Waals surface area contributed by atoms with Crippen molar-refractivity contribution in [3.05, 3.63) is 23.8 Å². The van der Waals surface area contributed by atoms with Crippen LogP contribution >= 0.6 is 0 Å². The van der Waals surface area contributed by atoms with Crippen LogP contribution in [0.25, 0.3) is 0 Å². The molecule has 0 aromatic heterocycles. The first kappa shape index (κ1) is 11.7. The molecule has 0 saturated carbocycles. The maximum absolute atomic E-state index is 8.81. The van der Waals surface area contributed by atoms with E-state index in [0.29, 0.717) is 17.9 Å². The number of ether oxygens (including phenoxy) is 1. The second-order valence-electron chi connectivity index (χ2n) is 4.76. The average Bonchev–Trinajstić information content (AvgIpc) is 2.29. The summed E-state index contributed by atoms with van der Waals surface area (Å²) in [7, 11) is 0. The van der Waals surface area contributed by atoms with Crippen molar-refractivity contribution in [1.29, 1.82) is 5.26 Å². The van der Waals surface area contributed by atoms with Gasteiger partial charge in [0.15, 0.2) is 0 Å². The number of nitrogens with zero attached hydrogens (tertiary/aromatic N) is 1. The first-order chi connectivity index (χ1) is 8.13. The highest BCUT2D eigenvalue weighted by molar-refractivity contribution is 5.63. The summed E-state index contributed by atoms with van der Waals surface area (Å²) in [6.45, 7) is 3.68. The van der Waals surface area contributed by atoms with Crippen LogP contribution in [0.5, 0.6) is 0 Å². The molecule has 1 aliphatic rings. The lowest BCUT2D eigenvalue weighted by molar-refractivity contribution is 0.0540. The number of anilines is 2. The van der Waals surface area contributed by atoms with E-state index >= 15 is 0 Å². The van der Waals surface area contributed by atoms with Crippen molar-refractivity contribution in [3.63, 3.8) is 0 Å². The van der Waals surface area contributed by atoms with E-state index < -0.39 is 0 Å². The smallest absolute Gasteiger partial charge is 0.101 e. The first-order valence-electron chi connectivity index (χ1n) is 5.78. The SMILES string of the molecule is CC1(Nc2ccc(C#N)c(N)c2)CCCOC1. The van der Waals surface area contributed by atoms with Gasteiger partial charge in [-0.2, -0.15) is 5.26 Å². The fourth-order valence-electron chi connectivity index (χ4n) is 2.12. The Labute approximate surface area is 101 Å². The monoisotopic (exact) mass is 231 g/mol. The van der Waals surface area contributed by atoms with E-state index in [9.17, 15) is 0 Å². The Bertz CT molecular complexity index is 444. The van der Waals surface area contributed by atoms with E-state index in [1.807, 2.05) is 6.07 Å². The van der Waals surface area contributed by atoms with Gasteiger partial charge in [0.1, 0.15) is 6.07 Å². The molecule has 0 aliphatic carbocycles. The van der Waals surface area contributed by atoms with Crippen LogP contribution in [0.2, 0.25) is 0 Å². The van der Waals surface area contributed by atoms with E-state index in [2.05, 4.69) is 18.3 Å². The molecule has 0 spiro atoms. The summed E-state index contributed by atoms with van der Waals surface area (Å²) in [6.07, 6.45) is 2.14. The average molecular weight is 231 g/mol. The van der Waals surface area contributed by atoms with Crippen LogP contribution in [-0.4, -0.2) is 18.8 Å². The Kier molecular flexibility index (Phi) is 3.21. The normalized spacial score (nSPS) is 24.0. The predicted molar refractivity (Wildman–Crippen MR) is 67.7 cm³/mol. The van der Waals surface area contributed by atoms with Crippen LogP contribution in [0.15, 0.2) is 18.2 Å². The molecular formula is C13H17N3O. The number of nitrogens with one attached hydrogen (secondary N) is 1. The lowest BCUT2D eigenvalue weighted by Gasteiger charge is -2.35. The molecule has 2 rings (SSSR count). The lowest BCUT2D eigenvalue weighted by atomic mass is 9.94. The molecule has 1 atom stereocenters. The minimum atomic E-state index is -0.0428. The molecule has 90 valence electrons. The lowest BCUT2D eigenvalue weighted by Crippen LogP contribution is -2.43. The zero-order chi connectivity index (χ0) is 12.3. The molecule has 17 heavy (non-hydrogen) atoms. The molecule has 1 aliphatic heterocycles. The maximum Gasteiger partial charge on any atom is 0.101 e. The highest BCUT2D eigenvalue weighted by Crippen LogP contribution is 2.26. The summed E-state index contributed by atoms with van der Waals surface area (Å²) in [4.78, 5) is 0. The summed E-state index contributed by atoms with van der Waals surface area (Å²) in [5, 5.41) is 12.2. The Balaban J connectivity index is 2.13. The number of rotatable bonds is 2. The zero-order valence-corrected chi connectivity index (χ0v) is 9.99. The topological polar surface area (TPSA) is 71.1 Å². The van der Waals surface area contributed by atoms with Gasteiger partial charge in [-0.1, -0.05) is 0 Å². The predicted octanol–water partition coefficient (Wildman–Crippen LogP) is 2.12. The Morgan fingerprint density at radius 1 is 1.53 bits per heavy atom. The number of hydrogen-bond donors (Lipinski definition) is 2. The molecule has 4 heteroatoms. The fourth-order valence-corrected chi connectivity index (χ4v) is 2.12. The second kappa shape index (κ2) is 4.64. The van der Waals surface area contributed by atoms with E-state index in [4.69, 9.17) is 15.7 Å². The van der Waals surface area contributed by atoms with Crippen molar-refractivity contribution in [1.82, 2.24) is 0 Å². The molecule has 1 aromatic rings. The molecule has 1 unspecified atom stereocenters. The number of benzene rings is 1. The summed E-state index contributed by atoms with van der Waals surface area (Å²) < 4.78 is 5.49. The third kappa shape index (κ3) is 2.69. The maximum atomic E-state index is 8.81. The molecule has 0 amide bonds. The third-order valence-electron chi connectivity index (χ3n) is 3.06. The largest absolute Gasteiger partial charge is 0.398 e. The van der Waals surface area contributed by atoms with Gasteiger partial charge in [0.05, 0.1) is 23.4 Å².